The predicted molar refractivity (Wildman–Crippen MR) is 68.5 cm³/mol. The first-order valence-electron chi connectivity index (χ1n) is 5.42. The molecule has 0 aliphatic carbocycles. The van der Waals surface area contributed by atoms with Crippen molar-refractivity contribution in [3.05, 3.63) is 0 Å². The Labute approximate surface area is 110 Å². The minimum atomic E-state index is -1.21. The third kappa shape index (κ3) is 7.16. The normalized spacial score (nSPS) is 14.5. The van der Waals surface area contributed by atoms with Gasteiger partial charge in [-0.3, -0.25) is 4.79 Å². The smallest absolute Gasteiger partial charge is 0.408 e. The standard InChI is InChI=1S/C11H19NO5S/c1-6(18-7(2)13)8(9(14)15)12-10(16)17-11(3,4)5/h6,8H,1-5H3,(H,12,16)(H,14,15)/t6-,8+/m1/s1. The molecule has 0 saturated heterocycles. The summed E-state index contributed by atoms with van der Waals surface area (Å²) in [6, 6.07) is -1.17. The fourth-order valence-electron chi connectivity index (χ4n) is 1.14. The van der Waals surface area contributed by atoms with Crippen LogP contribution >= 0.6 is 11.8 Å². The SMILES string of the molecule is CC(=O)S[C@H](C)[C@H](NC(=O)OC(C)(C)C)C(=O)O. The van der Waals surface area contributed by atoms with Gasteiger partial charge in [0.25, 0.3) is 0 Å². The second kappa shape index (κ2) is 6.63. The van der Waals surface area contributed by atoms with Crippen LogP contribution in [0.5, 0.6) is 0 Å². The van der Waals surface area contributed by atoms with E-state index in [0.717, 1.165) is 11.8 Å². The molecule has 2 N–H and O–H groups in total. The van der Waals surface area contributed by atoms with Gasteiger partial charge in [-0.25, -0.2) is 9.59 Å². The number of rotatable bonds is 4. The van der Waals surface area contributed by atoms with Crippen LogP contribution in [0.1, 0.15) is 34.6 Å². The molecule has 7 heteroatoms. The zero-order chi connectivity index (χ0) is 14.5. The van der Waals surface area contributed by atoms with Crippen molar-refractivity contribution in [1.82, 2.24) is 5.32 Å². The van der Waals surface area contributed by atoms with Crippen LogP contribution < -0.4 is 5.32 Å². The summed E-state index contributed by atoms with van der Waals surface area (Å²) in [7, 11) is 0. The third-order valence-electron chi connectivity index (χ3n) is 1.76. The second-order valence-corrected chi connectivity index (χ2v) is 6.33. The molecule has 0 aliphatic rings. The molecule has 1 amide bonds. The predicted octanol–water partition coefficient (Wildman–Crippen LogP) is 1.63. The lowest BCUT2D eigenvalue weighted by Crippen LogP contribution is -2.48. The maximum Gasteiger partial charge on any atom is 0.408 e. The van der Waals surface area contributed by atoms with Crippen LogP contribution in [0.4, 0.5) is 4.79 Å². The number of ether oxygens (including phenoxy) is 1. The summed E-state index contributed by atoms with van der Waals surface area (Å²) in [5, 5.41) is 10.5. The molecule has 6 nitrogen and oxygen atoms in total. The van der Waals surface area contributed by atoms with Crippen molar-refractivity contribution in [2.45, 2.75) is 51.5 Å². The maximum absolute atomic E-state index is 11.5. The molecule has 0 bridgehead atoms. The number of nitrogens with one attached hydrogen (secondary N) is 1. The summed E-state index contributed by atoms with van der Waals surface area (Å²) in [6.45, 7) is 7.93. The van der Waals surface area contributed by atoms with Gasteiger partial charge in [0.05, 0.1) is 0 Å². The highest BCUT2D eigenvalue weighted by Crippen LogP contribution is 2.16. The van der Waals surface area contributed by atoms with Crippen molar-refractivity contribution in [3.63, 3.8) is 0 Å². The Hall–Kier alpha value is -1.24. The van der Waals surface area contributed by atoms with Crippen LogP contribution in [0.25, 0.3) is 0 Å². The molecule has 0 rings (SSSR count). The van der Waals surface area contributed by atoms with E-state index in [1.807, 2.05) is 0 Å². The van der Waals surface area contributed by atoms with Crippen LogP contribution in [-0.2, 0) is 14.3 Å². The molecule has 0 spiro atoms. The van der Waals surface area contributed by atoms with Gasteiger partial charge in [-0.1, -0.05) is 18.7 Å². The van der Waals surface area contributed by atoms with Crippen molar-refractivity contribution < 1.29 is 24.2 Å². The van der Waals surface area contributed by atoms with E-state index in [4.69, 9.17) is 9.84 Å². The molecule has 0 radical (unpaired) electrons. The van der Waals surface area contributed by atoms with Crippen LogP contribution in [0.2, 0.25) is 0 Å². The van der Waals surface area contributed by atoms with Gasteiger partial charge in [-0.2, -0.15) is 0 Å². The summed E-state index contributed by atoms with van der Waals surface area (Å²) >= 11 is 0.861. The van der Waals surface area contributed by atoms with Gasteiger partial charge in [-0.15, -0.1) is 0 Å². The van der Waals surface area contributed by atoms with Crippen molar-refractivity contribution in [1.29, 1.82) is 0 Å². The summed E-state index contributed by atoms with van der Waals surface area (Å²) in [5.74, 6) is -1.21. The van der Waals surface area contributed by atoms with Crippen LogP contribution in [0.15, 0.2) is 0 Å². The number of hydrogen-bond donors (Lipinski definition) is 2. The van der Waals surface area contributed by atoms with Crippen molar-refractivity contribution in [3.8, 4) is 0 Å². The highest BCUT2D eigenvalue weighted by atomic mass is 32.2. The first kappa shape index (κ1) is 16.8. The number of carboxylic acids is 1. The van der Waals surface area contributed by atoms with Crippen molar-refractivity contribution in [2.24, 2.45) is 0 Å². The van der Waals surface area contributed by atoms with Crippen molar-refractivity contribution in [2.75, 3.05) is 0 Å². The Morgan fingerprint density at radius 2 is 1.78 bits per heavy atom. The van der Waals surface area contributed by atoms with Crippen molar-refractivity contribution >= 4 is 28.9 Å². The largest absolute Gasteiger partial charge is 0.480 e. The van der Waals surface area contributed by atoms with E-state index in [-0.39, 0.29) is 5.12 Å². The monoisotopic (exact) mass is 277 g/mol. The minimum Gasteiger partial charge on any atom is -0.480 e. The van der Waals surface area contributed by atoms with Gasteiger partial charge >= 0.3 is 12.1 Å². The number of carbonyl (C=O) groups is 3. The van der Waals surface area contributed by atoms with E-state index in [2.05, 4.69) is 5.32 Å². The van der Waals surface area contributed by atoms with Crippen LogP contribution in [0.3, 0.4) is 0 Å². The molecule has 0 fully saturated rings. The highest BCUT2D eigenvalue weighted by molar-refractivity contribution is 8.14. The molecule has 0 aromatic rings. The Morgan fingerprint density at radius 1 is 1.28 bits per heavy atom. The van der Waals surface area contributed by atoms with Gasteiger partial charge in [-0.05, 0) is 20.8 Å². The number of thioether (sulfide) groups is 1. The zero-order valence-corrected chi connectivity index (χ0v) is 12.0. The number of hydrogen-bond acceptors (Lipinski definition) is 5. The van der Waals surface area contributed by atoms with E-state index in [1.165, 1.54) is 6.92 Å². The zero-order valence-electron chi connectivity index (χ0n) is 11.1. The fraction of sp³-hybridized carbons (Fsp3) is 0.727. The highest BCUT2D eigenvalue weighted by Gasteiger charge is 2.29. The lowest BCUT2D eigenvalue weighted by atomic mass is 10.2. The first-order chi connectivity index (χ1) is 8.03. The quantitative estimate of drug-likeness (QED) is 0.811. The Bertz CT molecular complexity index is 337. The number of amides is 1. The summed E-state index contributed by atoms with van der Waals surface area (Å²) in [6.07, 6.45) is -0.814. The van der Waals surface area contributed by atoms with E-state index in [0.29, 0.717) is 0 Å². The van der Waals surface area contributed by atoms with E-state index >= 15 is 0 Å². The molecule has 104 valence electrons. The van der Waals surface area contributed by atoms with Gasteiger partial charge < -0.3 is 15.2 Å². The molecule has 0 aromatic heterocycles. The van der Waals surface area contributed by atoms with E-state index < -0.39 is 29.0 Å². The Morgan fingerprint density at radius 3 is 2.11 bits per heavy atom. The fourth-order valence-corrected chi connectivity index (χ4v) is 1.99. The molecule has 0 saturated carbocycles. The molecular weight excluding hydrogens is 258 g/mol. The molecule has 0 aliphatic heterocycles. The van der Waals surface area contributed by atoms with E-state index in [1.54, 1.807) is 27.7 Å². The topological polar surface area (TPSA) is 92.7 Å². The summed E-state index contributed by atoms with van der Waals surface area (Å²) < 4.78 is 4.97. The molecule has 18 heavy (non-hydrogen) atoms. The average molecular weight is 277 g/mol. The Kier molecular flexibility index (Phi) is 6.17. The lowest BCUT2D eigenvalue weighted by Gasteiger charge is -2.24. The van der Waals surface area contributed by atoms with Gasteiger partial charge in [0.2, 0.25) is 0 Å². The number of alkyl carbamates (subject to hydrolysis) is 1. The summed E-state index contributed by atoms with van der Waals surface area (Å²) in [4.78, 5) is 33.4. The molecule has 0 unspecified atom stereocenters. The van der Waals surface area contributed by atoms with Gasteiger partial charge in [0.1, 0.15) is 11.6 Å². The molecule has 0 aromatic carbocycles. The molecular formula is C11H19NO5S. The first-order valence-corrected chi connectivity index (χ1v) is 6.30. The van der Waals surface area contributed by atoms with Crippen LogP contribution in [0, 0.1) is 0 Å². The molecule has 2 atom stereocenters. The van der Waals surface area contributed by atoms with Crippen LogP contribution in [-0.4, -0.2) is 39.2 Å². The molecule has 0 heterocycles. The second-order valence-electron chi connectivity index (χ2n) is 4.78. The number of aliphatic carboxylic acids is 1. The number of carboxylic acid groups (broad SMARTS) is 1. The minimum absolute atomic E-state index is 0.209. The van der Waals surface area contributed by atoms with Gasteiger partial charge in [0.15, 0.2) is 5.12 Å². The lowest BCUT2D eigenvalue weighted by molar-refractivity contribution is -0.139. The van der Waals surface area contributed by atoms with E-state index in [9.17, 15) is 14.4 Å². The average Bonchev–Trinajstić information content (AvgIpc) is 2.09. The third-order valence-corrected chi connectivity index (χ3v) is 2.74. The Balaban J connectivity index is 4.59. The number of carbonyl (C=O) groups excluding carboxylic acids is 2. The maximum atomic E-state index is 11.5. The summed E-state index contributed by atoms with van der Waals surface area (Å²) in [5.41, 5.74) is -0.704. The van der Waals surface area contributed by atoms with Gasteiger partial charge in [0, 0.05) is 12.2 Å².